The first-order valence-corrected chi connectivity index (χ1v) is 11.6. The summed E-state index contributed by atoms with van der Waals surface area (Å²) in [7, 11) is 0. The molecule has 3 aromatic heterocycles. The zero-order chi connectivity index (χ0) is 25.0. The van der Waals surface area contributed by atoms with Gasteiger partial charge in [0.05, 0.1) is 11.9 Å². The number of aromatic nitrogens is 4. The molecular weight excluding hydrogens is 451 g/mol. The lowest BCUT2D eigenvalue weighted by Gasteiger charge is -2.30. The third-order valence-corrected chi connectivity index (χ3v) is 5.57. The average molecular weight is 481 g/mol. The number of carbonyl (C=O) groups is 1. The van der Waals surface area contributed by atoms with E-state index in [-0.39, 0.29) is 23.3 Å². The number of hydrogen-bond donors (Lipinski definition) is 2. The molecule has 1 aliphatic carbocycles. The van der Waals surface area contributed by atoms with Gasteiger partial charge in [0.25, 0.3) is 5.56 Å². The van der Waals surface area contributed by atoms with Gasteiger partial charge in [0, 0.05) is 24.3 Å². The zero-order valence-electron chi connectivity index (χ0n) is 20.0. The SMILES string of the molecule is CC(C)(C)OC(=O)N[C@H]1CC[C@H](Nc2ncc(F)c(-c3cccc(-n4ccccc4=O)n3)n2)CC1. The molecule has 0 unspecified atom stereocenters. The van der Waals surface area contributed by atoms with E-state index in [1.165, 1.54) is 10.6 Å². The topological polar surface area (TPSA) is 111 Å². The van der Waals surface area contributed by atoms with Gasteiger partial charge in [-0.25, -0.2) is 24.1 Å². The Morgan fingerprint density at radius 1 is 1.06 bits per heavy atom. The van der Waals surface area contributed by atoms with E-state index in [4.69, 9.17) is 4.74 Å². The average Bonchev–Trinajstić information content (AvgIpc) is 2.81. The second-order valence-corrected chi connectivity index (χ2v) is 9.52. The van der Waals surface area contributed by atoms with Crippen molar-refractivity contribution in [1.29, 1.82) is 0 Å². The van der Waals surface area contributed by atoms with Gasteiger partial charge >= 0.3 is 6.09 Å². The minimum atomic E-state index is -0.606. The van der Waals surface area contributed by atoms with Gasteiger partial charge in [-0.1, -0.05) is 12.1 Å². The third-order valence-electron chi connectivity index (χ3n) is 5.57. The van der Waals surface area contributed by atoms with Crippen LogP contribution in [0, 0.1) is 5.82 Å². The Morgan fingerprint density at radius 3 is 2.51 bits per heavy atom. The highest BCUT2D eigenvalue weighted by molar-refractivity contribution is 5.68. The van der Waals surface area contributed by atoms with Crippen LogP contribution in [0.3, 0.4) is 0 Å². The van der Waals surface area contributed by atoms with Crippen molar-refractivity contribution in [3.8, 4) is 17.2 Å². The number of nitrogens with zero attached hydrogens (tertiary/aromatic N) is 4. The van der Waals surface area contributed by atoms with Crippen molar-refractivity contribution < 1.29 is 13.9 Å². The molecule has 9 nitrogen and oxygen atoms in total. The number of hydrogen-bond acceptors (Lipinski definition) is 7. The van der Waals surface area contributed by atoms with E-state index in [1.807, 2.05) is 20.8 Å². The second-order valence-electron chi connectivity index (χ2n) is 9.52. The van der Waals surface area contributed by atoms with Gasteiger partial charge in [-0.15, -0.1) is 0 Å². The summed E-state index contributed by atoms with van der Waals surface area (Å²) in [6.07, 6.45) is 5.45. The molecule has 1 aliphatic rings. The highest BCUT2D eigenvalue weighted by atomic mass is 19.1. The molecule has 0 atom stereocenters. The number of anilines is 1. The molecule has 3 heterocycles. The van der Waals surface area contributed by atoms with Crippen molar-refractivity contribution in [3.05, 3.63) is 65.0 Å². The number of alkyl carbamates (subject to hydrolysis) is 1. The predicted molar refractivity (Wildman–Crippen MR) is 130 cm³/mol. The lowest BCUT2D eigenvalue weighted by molar-refractivity contribution is 0.0492. The van der Waals surface area contributed by atoms with Crippen LogP contribution in [0.4, 0.5) is 15.1 Å². The molecule has 0 radical (unpaired) electrons. The largest absolute Gasteiger partial charge is 0.444 e. The molecule has 0 aliphatic heterocycles. The number of amides is 1. The van der Waals surface area contributed by atoms with Gasteiger partial charge in [-0.05, 0) is 64.7 Å². The Hall–Kier alpha value is -3.82. The summed E-state index contributed by atoms with van der Waals surface area (Å²) in [6.45, 7) is 5.49. The highest BCUT2D eigenvalue weighted by Crippen LogP contribution is 2.24. The van der Waals surface area contributed by atoms with Gasteiger partial charge in [0.1, 0.15) is 17.1 Å². The summed E-state index contributed by atoms with van der Waals surface area (Å²) in [5.41, 5.74) is -0.425. The molecule has 3 aromatic rings. The maximum absolute atomic E-state index is 14.6. The summed E-state index contributed by atoms with van der Waals surface area (Å²) in [5.74, 6) is 0.0661. The van der Waals surface area contributed by atoms with E-state index in [1.54, 1.807) is 36.5 Å². The molecule has 1 fully saturated rings. The molecule has 0 bridgehead atoms. The molecule has 4 rings (SSSR count). The van der Waals surface area contributed by atoms with Crippen LogP contribution in [0.2, 0.25) is 0 Å². The Kier molecular flexibility index (Phi) is 7.09. The van der Waals surface area contributed by atoms with Crippen LogP contribution in [-0.2, 0) is 4.74 Å². The minimum Gasteiger partial charge on any atom is -0.444 e. The number of nitrogens with one attached hydrogen (secondary N) is 2. The second kappa shape index (κ2) is 10.2. The standard InChI is InChI=1S/C25H29FN6O3/c1-25(2,3)35-24(34)29-17-12-10-16(11-13-17)28-23-27-15-18(26)22(31-23)19-7-6-8-20(30-19)32-14-5-4-9-21(32)33/h4-9,14-17H,10-13H2,1-3H3,(H,29,34)(H,27,28,31)/t16-,17-. The Labute approximate surface area is 202 Å². The monoisotopic (exact) mass is 480 g/mol. The zero-order valence-corrected chi connectivity index (χ0v) is 20.0. The summed E-state index contributed by atoms with van der Waals surface area (Å²) in [6, 6.07) is 9.94. The van der Waals surface area contributed by atoms with Gasteiger partial charge in [-0.2, -0.15) is 0 Å². The molecule has 0 saturated heterocycles. The quantitative estimate of drug-likeness (QED) is 0.566. The summed E-state index contributed by atoms with van der Waals surface area (Å²) >= 11 is 0. The van der Waals surface area contributed by atoms with Crippen LogP contribution < -0.4 is 16.2 Å². The van der Waals surface area contributed by atoms with Crippen LogP contribution in [0.1, 0.15) is 46.5 Å². The molecule has 35 heavy (non-hydrogen) atoms. The summed E-state index contributed by atoms with van der Waals surface area (Å²) < 4.78 is 21.3. The maximum Gasteiger partial charge on any atom is 0.407 e. The molecule has 10 heteroatoms. The van der Waals surface area contributed by atoms with Gasteiger partial charge in [0.2, 0.25) is 5.95 Å². The van der Waals surface area contributed by atoms with Crippen molar-refractivity contribution in [1.82, 2.24) is 24.8 Å². The van der Waals surface area contributed by atoms with Gasteiger partial charge < -0.3 is 15.4 Å². The van der Waals surface area contributed by atoms with Crippen molar-refractivity contribution in [2.45, 2.75) is 64.1 Å². The molecule has 0 spiro atoms. The highest BCUT2D eigenvalue weighted by Gasteiger charge is 2.25. The van der Waals surface area contributed by atoms with E-state index < -0.39 is 17.5 Å². The number of rotatable bonds is 5. The normalized spacial score (nSPS) is 18.1. The van der Waals surface area contributed by atoms with Crippen LogP contribution in [-0.4, -0.2) is 43.3 Å². The van der Waals surface area contributed by atoms with E-state index in [0.717, 1.165) is 31.9 Å². The Morgan fingerprint density at radius 2 is 1.80 bits per heavy atom. The van der Waals surface area contributed by atoms with E-state index in [0.29, 0.717) is 17.5 Å². The fourth-order valence-corrected chi connectivity index (χ4v) is 3.96. The Bertz CT molecular complexity index is 1250. The first-order valence-electron chi connectivity index (χ1n) is 11.6. The lowest BCUT2D eigenvalue weighted by Crippen LogP contribution is -2.42. The molecule has 2 N–H and O–H groups in total. The fourth-order valence-electron chi connectivity index (χ4n) is 3.96. The first kappa shape index (κ1) is 24.3. The summed E-state index contributed by atoms with van der Waals surface area (Å²) in [4.78, 5) is 37.0. The van der Waals surface area contributed by atoms with Crippen LogP contribution >= 0.6 is 0 Å². The molecule has 1 saturated carbocycles. The number of ether oxygens (including phenoxy) is 1. The Balaban J connectivity index is 1.42. The number of carbonyl (C=O) groups excluding carboxylic acids is 1. The van der Waals surface area contributed by atoms with Gasteiger partial charge in [0.15, 0.2) is 5.82 Å². The first-order chi connectivity index (χ1) is 16.7. The number of pyridine rings is 2. The van der Waals surface area contributed by atoms with Gasteiger partial charge in [-0.3, -0.25) is 9.36 Å². The summed E-state index contributed by atoms with van der Waals surface area (Å²) in [5, 5.41) is 6.19. The van der Waals surface area contributed by atoms with E-state index in [2.05, 4.69) is 25.6 Å². The molecular formula is C25H29FN6O3. The predicted octanol–water partition coefficient (Wildman–Crippen LogP) is 4.08. The van der Waals surface area contributed by atoms with Crippen molar-refractivity contribution >= 4 is 12.0 Å². The fraction of sp³-hybridized carbons (Fsp3) is 0.400. The van der Waals surface area contributed by atoms with E-state index >= 15 is 0 Å². The van der Waals surface area contributed by atoms with Crippen molar-refractivity contribution in [3.63, 3.8) is 0 Å². The van der Waals surface area contributed by atoms with E-state index in [9.17, 15) is 14.0 Å². The smallest absolute Gasteiger partial charge is 0.407 e. The number of halogens is 1. The van der Waals surface area contributed by atoms with Crippen LogP contribution in [0.15, 0.2) is 53.6 Å². The van der Waals surface area contributed by atoms with Crippen LogP contribution in [0.25, 0.3) is 17.2 Å². The van der Waals surface area contributed by atoms with Crippen molar-refractivity contribution in [2.75, 3.05) is 5.32 Å². The molecule has 0 aromatic carbocycles. The molecule has 1 amide bonds. The minimum absolute atomic E-state index is 0.0425. The molecule has 184 valence electrons. The maximum atomic E-state index is 14.6. The third kappa shape index (κ3) is 6.40. The lowest BCUT2D eigenvalue weighted by atomic mass is 9.91. The van der Waals surface area contributed by atoms with Crippen LogP contribution in [0.5, 0.6) is 0 Å². The van der Waals surface area contributed by atoms with Crippen molar-refractivity contribution in [2.24, 2.45) is 0 Å².